The van der Waals surface area contributed by atoms with Crippen LogP contribution < -0.4 is 0 Å². The van der Waals surface area contributed by atoms with Gasteiger partial charge in [-0.2, -0.15) is 0 Å². The van der Waals surface area contributed by atoms with E-state index in [1.54, 1.807) is 30.2 Å². The molecule has 9 heteroatoms. The molecule has 1 aromatic heterocycles. The summed E-state index contributed by atoms with van der Waals surface area (Å²) in [6, 6.07) is 9.32. The van der Waals surface area contributed by atoms with Crippen molar-refractivity contribution in [3.05, 3.63) is 69.7 Å². The number of carbonyl (C=O) groups excluding carboxylic acids is 2. The molecule has 0 N–H and O–H groups in total. The number of ether oxygens (including phenoxy) is 1. The number of rotatable bonds is 11. The zero-order valence-corrected chi connectivity index (χ0v) is 18.8. The van der Waals surface area contributed by atoms with Crippen molar-refractivity contribution >= 4 is 23.6 Å². The van der Waals surface area contributed by atoms with Gasteiger partial charge in [0.1, 0.15) is 18.1 Å². The summed E-state index contributed by atoms with van der Waals surface area (Å²) in [5.41, 5.74) is 0.625. The second-order valence-electron chi connectivity index (χ2n) is 7.56. The first-order valence-corrected chi connectivity index (χ1v) is 10.3. The molecule has 1 heterocycles. The van der Waals surface area contributed by atoms with E-state index in [9.17, 15) is 19.7 Å². The number of nitro groups is 1. The summed E-state index contributed by atoms with van der Waals surface area (Å²) >= 11 is 0. The van der Waals surface area contributed by atoms with Crippen LogP contribution in [0.25, 0.3) is 6.08 Å². The molecule has 2 amide bonds. The fourth-order valence-electron chi connectivity index (χ4n) is 2.98. The zero-order chi connectivity index (χ0) is 23.7. The Balaban J connectivity index is 2.08. The number of methoxy groups -OCH3 is 1. The van der Waals surface area contributed by atoms with Gasteiger partial charge in [0.25, 0.3) is 5.69 Å². The highest BCUT2D eigenvalue weighted by atomic mass is 16.6. The Labute approximate surface area is 187 Å². The maximum absolute atomic E-state index is 13.0. The third-order valence-electron chi connectivity index (χ3n) is 4.80. The number of carbonyl (C=O) groups is 2. The smallest absolute Gasteiger partial charge is 0.269 e. The first kappa shape index (κ1) is 24.8. The summed E-state index contributed by atoms with van der Waals surface area (Å²) in [6.45, 7) is 6.43. The molecule has 0 aliphatic heterocycles. The molecule has 2 aromatic rings. The average Bonchev–Trinajstić information content (AvgIpc) is 3.17. The molecule has 9 nitrogen and oxygen atoms in total. The topological polar surface area (TPSA) is 106 Å². The van der Waals surface area contributed by atoms with E-state index in [0.29, 0.717) is 24.5 Å². The SMILES string of the molecule is COCCN(Cc1ccc(C)o1)C(=O)CN(C(=O)/C=C/c1ccc([N+](=O)[O-])cc1)C(C)C. The van der Waals surface area contributed by atoms with Crippen molar-refractivity contribution in [3.8, 4) is 0 Å². The van der Waals surface area contributed by atoms with E-state index in [1.165, 1.54) is 23.1 Å². The summed E-state index contributed by atoms with van der Waals surface area (Å²) < 4.78 is 10.7. The zero-order valence-electron chi connectivity index (χ0n) is 18.8. The monoisotopic (exact) mass is 443 g/mol. The second-order valence-corrected chi connectivity index (χ2v) is 7.56. The molecule has 0 spiro atoms. The lowest BCUT2D eigenvalue weighted by Gasteiger charge is -2.29. The Kier molecular flexibility index (Phi) is 9.15. The van der Waals surface area contributed by atoms with Crippen LogP contribution in [0.15, 0.2) is 46.9 Å². The van der Waals surface area contributed by atoms with Gasteiger partial charge in [0.05, 0.1) is 18.1 Å². The first-order chi connectivity index (χ1) is 15.2. The molecule has 0 fully saturated rings. The van der Waals surface area contributed by atoms with Crippen LogP contribution in [0.1, 0.15) is 30.9 Å². The minimum atomic E-state index is -0.482. The van der Waals surface area contributed by atoms with Crippen molar-refractivity contribution in [2.45, 2.75) is 33.4 Å². The summed E-state index contributed by atoms with van der Waals surface area (Å²) in [5, 5.41) is 10.8. The average molecular weight is 444 g/mol. The number of hydrogen-bond acceptors (Lipinski definition) is 6. The van der Waals surface area contributed by atoms with E-state index >= 15 is 0 Å². The van der Waals surface area contributed by atoms with Gasteiger partial charge in [-0.1, -0.05) is 0 Å². The van der Waals surface area contributed by atoms with E-state index in [4.69, 9.17) is 9.15 Å². The molecule has 0 saturated carbocycles. The molecule has 0 aliphatic rings. The molecule has 1 aromatic carbocycles. The highest BCUT2D eigenvalue weighted by molar-refractivity contribution is 5.94. The van der Waals surface area contributed by atoms with Gasteiger partial charge in [0.2, 0.25) is 11.8 Å². The van der Waals surface area contributed by atoms with E-state index in [0.717, 1.165) is 5.76 Å². The van der Waals surface area contributed by atoms with Crippen molar-refractivity contribution in [1.29, 1.82) is 0 Å². The van der Waals surface area contributed by atoms with E-state index < -0.39 is 4.92 Å². The number of non-ortho nitro benzene ring substituents is 1. The lowest BCUT2D eigenvalue weighted by molar-refractivity contribution is -0.384. The van der Waals surface area contributed by atoms with Gasteiger partial charge in [-0.25, -0.2) is 0 Å². The predicted molar refractivity (Wildman–Crippen MR) is 120 cm³/mol. The lowest BCUT2D eigenvalue weighted by atomic mass is 10.2. The van der Waals surface area contributed by atoms with Gasteiger partial charge >= 0.3 is 0 Å². The van der Waals surface area contributed by atoms with Gasteiger partial charge in [0, 0.05) is 37.9 Å². The Morgan fingerprint density at radius 2 is 1.88 bits per heavy atom. The summed E-state index contributed by atoms with van der Waals surface area (Å²) in [5.74, 6) is 0.871. The molecular formula is C23H29N3O6. The van der Waals surface area contributed by atoms with Gasteiger partial charge < -0.3 is 19.0 Å². The molecule has 32 heavy (non-hydrogen) atoms. The molecule has 2 rings (SSSR count). The van der Waals surface area contributed by atoms with Crippen LogP contribution >= 0.6 is 0 Å². The van der Waals surface area contributed by atoms with E-state index in [1.807, 2.05) is 32.9 Å². The van der Waals surface area contributed by atoms with E-state index in [-0.39, 0.29) is 36.6 Å². The van der Waals surface area contributed by atoms with Crippen LogP contribution in [0.3, 0.4) is 0 Å². The summed E-state index contributed by atoms with van der Waals surface area (Å²) in [4.78, 5) is 39.1. The number of furan rings is 1. The van der Waals surface area contributed by atoms with Crippen molar-refractivity contribution in [1.82, 2.24) is 9.80 Å². The number of nitro benzene ring substituents is 1. The van der Waals surface area contributed by atoms with Crippen LogP contribution in [0.5, 0.6) is 0 Å². The highest BCUT2D eigenvalue weighted by Crippen LogP contribution is 2.14. The maximum atomic E-state index is 13.0. The normalized spacial score (nSPS) is 11.2. The van der Waals surface area contributed by atoms with Crippen LogP contribution in [-0.4, -0.2) is 59.4 Å². The Hall–Kier alpha value is -3.46. The van der Waals surface area contributed by atoms with Crippen molar-refractivity contribution in [2.75, 3.05) is 26.8 Å². The first-order valence-electron chi connectivity index (χ1n) is 10.3. The lowest BCUT2D eigenvalue weighted by Crippen LogP contribution is -2.45. The Morgan fingerprint density at radius 1 is 1.19 bits per heavy atom. The molecule has 0 unspecified atom stereocenters. The highest BCUT2D eigenvalue weighted by Gasteiger charge is 2.23. The van der Waals surface area contributed by atoms with Crippen LogP contribution in [0.2, 0.25) is 0 Å². The Bertz CT molecular complexity index is 949. The third-order valence-corrected chi connectivity index (χ3v) is 4.80. The fourth-order valence-corrected chi connectivity index (χ4v) is 2.98. The minimum absolute atomic E-state index is 0.0224. The van der Waals surface area contributed by atoms with Crippen molar-refractivity contribution < 1.29 is 23.7 Å². The number of hydrogen-bond donors (Lipinski definition) is 0. The van der Waals surface area contributed by atoms with Crippen molar-refractivity contribution in [2.24, 2.45) is 0 Å². The van der Waals surface area contributed by atoms with Crippen molar-refractivity contribution in [3.63, 3.8) is 0 Å². The number of nitrogens with zero attached hydrogens (tertiary/aromatic N) is 3. The molecule has 0 aliphatic carbocycles. The summed E-state index contributed by atoms with van der Waals surface area (Å²) in [7, 11) is 1.56. The van der Waals surface area contributed by atoms with Gasteiger partial charge in [-0.15, -0.1) is 0 Å². The quantitative estimate of drug-likeness (QED) is 0.299. The Morgan fingerprint density at radius 3 is 2.41 bits per heavy atom. The fraction of sp³-hybridized carbons (Fsp3) is 0.391. The van der Waals surface area contributed by atoms with Crippen LogP contribution in [0, 0.1) is 17.0 Å². The molecule has 0 radical (unpaired) electrons. The number of amides is 2. The molecule has 0 atom stereocenters. The second kappa shape index (κ2) is 11.8. The molecule has 172 valence electrons. The standard InChI is InChI=1S/C23H29N3O6/c1-17(2)25(22(27)12-8-19-6-9-20(10-7-19)26(29)30)16-23(28)24(13-14-31-4)15-21-11-5-18(3)32-21/h5-12,17H,13-16H2,1-4H3/b12-8+. The minimum Gasteiger partial charge on any atom is -0.464 e. The predicted octanol–water partition coefficient (Wildman–Crippen LogP) is 3.42. The van der Waals surface area contributed by atoms with Crippen LogP contribution in [0.4, 0.5) is 5.69 Å². The van der Waals surface area contributed by atoms with Gasteiger partial charge in [0.15, 0.2) is 0 Å². The van der Waals surface area contributed by atoms with Crippen LogP contribution in [-0.2, 0) is 20.9 Å². The number of benzene rings is 1. The van der Waals surface area contributed by atoms with Gasteiger partial charge in [-0.3, -0.25) is 19.7 Å². The number of aryl methyl sites for hydroxylation is 1. The molecular weight excluding hydrogens is 414 g/mol. The summed E-state index contributed by atoms with van der Waals surface area (Å²) in [6.07, 6.45) is 2.93. The molecule has 0 bridgehead atoms. The van der Waals surface area contributed by atoms with E-state index in [2.05, 4.69) is 0 Å². The maximum Gasteiger partial charge on any atom is 0.269 e. The third kappa shape index (κ3) is 7.35. The molecule has 0 saturated heterocycles. The largest absolute Gasteiger partial charge is 0.464 e. The van der Waals surface area contributed by atoms with Gasteiger partial charge in [-0.05, 0) is 56.7 Å².